The Morgan fingerprint density at radius 1 is 1.71 bits per heavy atom. The van der Waals surface area contributed by atoms with Gasteiger partial charge in [0.05, 0.1) is 6.07 Å². The summed E-state index contributed by atoms with van der Waals surface area (Å²) in [6, 6.07) is 2.46. The van der Waals surface area contributed by atoms with E-state index in [9.17, 15) is 4.79 Å². The number of nitriles is 1. The van der Waals surface area contributed by atoms with Crippen LogP contribution >= 0.6 is 0 Å². The molecule has 0 spiro atoms. The minimum absolute atomic E-state index is 0.295. The molecule has 1 fully saturated rings. The molecule has 1 aliphatic heterocycles. The van der Waals surface area contributed by atoms with Gasteiger partial charge in [0, 0.05) is 30.8 Å². The van der Waals surface area contributed by atoms with Crippen molar-refractivity contribution in [2.75, 3.05) is 13.6 Å². The summed E-state index contributed by atoms with van der Waals surface area (Å²) in [4.78, 5) is 14.0. The molecule has 1 saturated heterocycles. The highest BCUT2D eigenvalue weighted by molar-refractivity contribution is 5.86. The Hall–Kier alpha value is -0.880. The van der Waals surface area contributed by atoms with E-state index in [-0.39, 0.29) is 5.41 Å². The van der Waals surface area contributed by atoms with Crippen molar-refractivity contribution in [3.05, 3.63) is 0 Å². The molecule has 0 bridgehead atoms. The second-order valence-electron chi connectivity index (χ2n) is 4.61. The lowest BCUT2D eigenvalue weighted by atomic mass is 9.75. The zero-order chi connectivity index (χ0) is 10.8. The largest absolute Gasteiger partial charge is 0.302 e. The number of carbonyl (C=O) groups excluding carboxylic acids is 1. The maximum atomic E-state index is 11.8. The number of piperidine rings is 1. The molecule has 14 heavy (non-hydrogen) atoms. The smallest absolute Gasteiger partial charge is 0.141 e. The van der Waals surface area contributed by atoms with E-state index in [0.29, 0.717) is 31.1 Å². The normalized spacial score (nSPS) is 34.1. The van der Waals surface area contributed by atoms with Gasteiger partial charge in [-0.3, -0.25) is 4.79 Å². The van der Waals surface area contributed by atoms with Crippen LogP contribution in [0.3, 0.4) is 0 Å². The van der Waals surface area contributed by atoms with Crippen LogP contribution in [0.5, 0.6) is 0 Å². The monoisotopic (exact) mass is 194 g/mol. The summed E-state index contributed by atoms with van der Waals surface area (Å²) in [6.07, 6.45) is 1.79. The second kappa shape index (κ2) is 4.10. The molecule has 2 atom stereocenters. The van der Waals surface area contributed by atoms with Crippen LogP contribution in [0.2, 0.25) is 0 Å². The van der Waals surface area contributed by atoms with Gasteiger partial charge in [-0.15, -0.1) is 0 Å². The van der Waals surface area contributed by atoms with E-state index in [4.69, 9.17) is 5.26 Å². The minimum Gasteiger partial charge on any atom is -0.302 e. The Morgan fingerprint density at radius 2 is 2.36 bits per heavy atom. The van der Waals surface area contributed by atoms with Gasteiger partial charge in [-0.2, -0.15) is 5.26 Å². The van der Waals surface area contributed by atoms with E-state index >= 15 is 0 Å². The number of nitrogens with zero attached hydrogens (tertiary/aromatic N) is 2. The van der Waals surface area contributed by atoms with Crippen LogP contribution in [0.15, 0.2) is 0 Å². The van der Waals surface area contributed by atoms with Crippen molar-refractivity contribution >= 4 is 5.78 Å². The molecular formula is C11H18N2O. The molecule has 78 valence electrons. The van der Waals surface area contributed by atoms with Crippen LogP contribution in [-0.4, -0.2) is 30.3 Å². The molecule has 0 saturated carbocycles. The van der Waals surface area contributed by atoms with E-state index < -0.39 is 0 Å². The average molecular weight is 194 g/mol. The van der Waals surface area contributed by atoms with Crippen LogP contribution in [0.1, 0.15) is 33.1 Å². The molecule has 0 aromatic heterocycles. The van der Waals surface area contributed by atoms with Gasteiger partial charge in [-0.1, -0.05) is 6.92 Å². The molecule has 0 N–H and O–H groups in total. The van der Waals surface area contributed by atoms with Crippen molar-refractivity contribution in [2.24, 2.45) is 5.41 Å². The van der Waals surface area contributed by atoms with Gasteiger partial charge in [0.2, 0.25) is 0 Å². The third kappa shape index (κ3) is 2.13. The SMILES string of the molecule is C[C@@H]1CC(=O)[C@@](C)(CCC#N)CN1C. The van der Waals surface area contributed by atoms with Gasteiger partial charge in [-0.25, -0.2) is 0 Å². The van der Waals surface area contributed by atoms with Crippen LogP contribution in [0.25, 0.3) is 0 Å². The Balaban J connectivity index is 2.69. The van der Waals surface area contributed by atoms with Gasteiger partial charge in [-0.05, 0) is 20.4 Å². The zero-order valence-corrected chi connectivity index (χ0v) is 9.21. The lowest BCUT2D eigenvalue weighted by Crippen LogP contribution is -2.50. The summed E-state index contributed by atoms with van der Waals surface area (Å²) >= 11 is 0. The van der Waals surface area contributed by atoms with Crippen LogP contribution in [0, 0.1) is 16.7 Å². The molecule has 0 aromatic carbocycles. The number of likely N-dealkylation sites (tertiary alicyclic amines) is 1. The Bertz CT molecular complexity index is 269. The van der Waals surface area contributed by atoms with Crippen molar-refractivity contribution in [1.29, 1.82) is 5.26 Å². The Morgan fingerprint density at radius 3 is 2.93 bits per heavy atom. The van der Waals surface area contributed by atoms with Gasteiger partial charge in [0.25, 0.3) is 0 Å². The fraction of sp³-hybridized carbons (Fsp3) is 0.818. The number of hydrogen-bond donors (Lipinski definition) is 0. The van der Waals surface area contributed by atoms with Gasteiger partial charge in [0.1, 0.15) is 5.78 Å². The first-order valence-electron chi connectivity index (χ1n) is 5.10. The maximum Gasteiger partial charge on any atom is 0.141 e. The quantitative estimate of drug-likeness (QED) is 0.670. The minimum atomic E-state index is -0.295. The van der Waals surface area contributed by atoms with Crippen molar-refractivity contribution in [3.63, 3.8) is 0 Å². The first kappa shape index (κ1) is 11.2. The molecule has 0 aromatic rings. The average Bonchev–Trinajstić information content (AvgIpc) is 2.12. The summed E-state index contributed by atoms with van der Waals surface area (Å²) in [5.41, 5.74) is -0.295. The van der Waals surface area contributed by atoms with Gasteiger partial charge >= 0.3 is 0 Å². The molecule has 0 aliphatic carbocycles. The standard InChI is InChI=1S/C11H18N2O/c1-9-7-10(14)11(2,5-4-6-12)8-13(9)3/h9H,4-5,7-8H2,1-3H3/t9-,11+/m1/s1. The first-order valence-corrected chi connectivity index (χ1v) is 5.10. The fourth-order valence-corrected chi connectivity index (χ4v) is 2.02. The van der Waals surface area contributed by atoms with Gasteiger partial charge < -0.3 is 4.90 Å². The Kier molecular flexibility index (Phi) is 3.28. The molecule has 1 rings (SSSR count). The number of rotatable bonds is 2. The molecule has 1 aliphatic rings. The summed E-state index contributed by atoms with van der Waals surface area (Å²) in [5.74, 6) is 0.318. The molecule has 0 radical (unpaired) electrons. The highest BCUT2D eigenvalue weighted by Crippen LogP contribution is 2.32. The summed E-state index contributed by atoms with van der Waals surface area (Å²) < 4.78 is 0. The van der Waals surface area contributed by atoms with E-state index in [1.807, 2.05) is 14.0 Å². The predicted octanol–water partition coefficient (Wildman–Crippen LogP) is 1.59. The first-order chi connectivity index (χ1) is 6.49. The van der Waals surface area contributed by atoms with E-state index in [1.165, 1.54) is 0 Å². The number of carbonyl (C=O) groups is 1. The zero-order valence-electron chi connectivity index (χ0n) is 9.21. The maximum absolute atomic E-state index is 11.8. The molecule has 1 heterocycles. The predicted molar refractivity (Wildman–Crippen MR) is 54.7 cm³/mol. The van der Waals surface area contributed by atoms with Crippen LogP contribution in [-0.2, 0) is 4.79 Å². The third-order valence-corrected chi connectivity index (χ3v) is 3.29. The fourth-order valence-electron chi connectivity index (χ4n) is 2.02. The van der Waals surface area contributed by atoms with Crippen molar-refractivity contribution in [1.82, 2.24) is 4.90 Å². The van der Waals surface area contributed by atoms with E-state index in [0.717, 1.165) is 6.54 Å². The van der Waals surface area contributed by atoms with Gasteiger partial charge in [0.15, 0.2) is 0 Å². The summed E-state index contributed by atoms with van der Waals surface area (Å²) in [7, 11) is 2.04. The van der Waals surface area contributed by atoms with E-state index in [1.54, 1.807) is 0 Å². The van der Waals surface area contributed by atoms with Crippen LogP contribution in [0.4, 0.5) is 0 Å². The lowest BCUT2D eigenvalue weighted by molar-refractivity contribution is -0.134. The highest BCUT2D eigenvalue weighted by Gasteiger charge is 2.39. The van der Waals surface area contributed by atoms with E-state index in [2.05, 4.69) is 17.9 Å². The number of Topliss-reactive ketones (excluding diaryl/α,β-unsaturated/α-hetero) is 1. The Labute approximate surface area is 85.7 Å². The third-order valence-electron chi connectivity index (χ3n) is 3.29. The number of ketones is 1. The molecule has 0 amide bonds. The highest BCUT2D eigenvalue weighted by atomic mass is 16.1. The second-order valence-corrected chi connectivity index (χ2v) is 4.61. The summed E-state index contributed by atoms with van der Waals surface area (Å²) in [6.45, 7) is 4.84. The topological polar surface area (TPSA) is 44.1 Å². The van der Waals surface area contributed by atoms with Crippen molar-refractivity contribution in [3.8, 4) is 6.07 Å². The van der Waals surface area contributed by atoms with Crippen LogP contribution < -0.4 is 0 Å². The lowest BCUT2D eigenvalue weighted by Gasteiger charge is -2.40. The summed E-state index contributed by atoms with van der Waals surface area (Å²) in [5, 5.41) is 8.54. The van der Waals surface area contributed by atoms with Crippen molar-refractivity contribution in [2.45, 2.75) is 39.2 Å². The molecule has 3 nitrogen and oxygen atoms in total. The molecule has 3 heteroatoms. The molecular weight excluding hydrogens is 176 g/mol. The van der Waals surface area contributed by atoms with Crippen molar-refractivity contribution < 1.29 is 4.79 Å². The number of hydrogen-bond acceptors (Lipinski definition) is 3. The molecule has 0 unspecified atom stereocenters.